The molecule has 12 rings (SSSR count). The third kappa shape index (κ3) is 6.88. The first kappa shape index (κ1) is 37.4. The summed E-state index contributed by atoms with van der Waals surface area (Å²) < 4.78 is 0. The molecule has 2 saturated carbocycles. The van der Waals surface area contributed by atoms with Crippen molar-refractivity contribution >= 4 is 58.9 Å². The minimum atomic E-state index is 0. The van der Waals surface area contributed by atoms with E-state index in [0.717, 1.165) is 11.3 Å². The predicted octanol–water partition coefficient (Wildman–Crippen LogP) is 16.2. The van der Waals surface area contributed by atoms with Crippen molar-refractivity contribution in [3.8, 4) is 22.3 Å². The van der Waals surface area contributed by atoms with E-state index >= 15 is 0 Å². The largest absolute Gasteiger partial charge is 0.0945 e. The van der Waals surface area contributed by atoms with E-state index < -0.39 is 0 Å². The fourth-order valence-electron chi connectivity index (χ4n) is 11.0. The average molecular weight is 817 g/mol. The van der Waals surface area contributed by atoms with Crippen LogP contribution in [0.25, 0.3) is 65.3 Å². The molecule has 2 aliphatic carbocycles. The summed E-state index contributed by atoms with van der Waals surface area (Å²) in [6.07, 6.45) is 16.8. The van der Waals surface area contributed by atoms with Crippen LogP contribution in [0.2, 0.25) is 0 Å². The van der Waals surface area contributed by atoms with E-state index in [4.69, 9.17) is 0 Å². The van der Waals surface area contributed by atoms with Gasteiger partial charge in [0.1, 0.15) is 0 Å². The fourth-order valence-corrected chi connectivity index (χ4v) is 17.3. The van der Waals surface area contributed by atoms with Gasteiger partial charge in [0, 0.05) is 17.1 Å². The Labute approximate surface area is 351 Å². The minimum Gasteiger partial charge on any atom is -0.0945 e. The molecule has 0 N–H and O–H groups in total. The van der Waals surface area contributed by atoms with Gasteiger partial charge >= 0.3 is 0 Å². The number of fused-ring (bicyclic) bond motifs is 14. The summed E-state index contributed by atoms with van der Waals surface area (Å²) >= 11 is 0. The van der Waals surface area contributed by atoms with Crippen molar-refractivity contribution in [1.82, 2.24) is 0 Å². The van der Waals surface area contributed by atoms with Crippen LogP contribution in [0.15, 0.2) is 146 Å². The Balaban J connectivity index is 0.000000137. The van der Waals surface area contributed by atoms with Crippen molar-refractivity contribution in [3.63, 3.8) is 0 Å². The van der Waals surface area contributed by atoms with Gasteiger partial charge in [-0.25, -0.2) is 0 Å². The molecular weight excluding hydrogens is 766 g/mol. The van der Waals surface area contributed by atoms with E-state index in [9.17, 15) is 0 Å². The van der Waals surface area contributed by atoms with Crippen LogP contribution in [-0.4, -0.2) is 11.3 Å². The Morgan fingerprint density at radius 1 is 0.298 bits per heavy atom. The van der Waals surface area contributed by atoms with Gasteiger partial charge in [-0.15, -0.1) is 0 Å². The first-order valence-electron chi connectivity index (χ1n) is 21.3. The zero-order chi connectivity index (χ0) is 37.0. The molecule has 0 amide bonds. The van der Waals surface area contributed by atoms with Crippen molar-refractivity contribution in [1.29, 1.82) is 0 Å². The molecule has 0 bridgehead atoms. The Morgan fingerprint density at radius 2 is 0.544 bits per heavy atom. The first-order valence-corrected chi connectivity index (χ1v) is 24.8. The molecule has 0 nitrogen and oxygen atoms in total. The molecule has 4 aliphatic rings. The van der Waals surface area contributed by atoms with Gasteiger partial charge in [0.15, 0.2) is 0 Å². The maximum atomic E-state index is 2.44. The van der Waals surface area contributed by atoms with Crippen molar-refractivity contribution in [2.24, 2.45) is 0 Å². The van der Waals surface area contributed by atoms with Gasteiger partial charge in [0.2, 0.25) is 0 Å². The number of rotatable bonds is 2. The van der Waals surface area contributed by atoms with Crippen molar-refractivity contribution in [2.75, 3.05) is 0 Å². The average Bonchev–Trinajstić information content (AvgIpc) is 3.94. The Morgan fingerprint density at radius 3 is 0.807 bits per heavy atom. The molecule has 0 radical (unpaired) electrons. The van der Waals surface area contributed by atoms with Crippen molar-refractivity contribution in [2.45, 2.75) is 87.3 Å². The van der Waals surface area contributed by atoms with Crippen LogP contribution in [0, 0.1) is 0 Å². The Hall–Kier alpha value is -3.82. The van der Waals surface area contributed by atoms with E-state index in [1.54, 1.807) is 22.3 Å². The molecule has 57 heavy (non-hydrogen) atoms. The van der Waals surface area contributed by atoms with Crippen LogP contribution in [0.1, 0.15) is 73.6 Å². The normalized spacial score (nSPS) is 17.3. The summed E-state index contributed by atoms with van der Waals surface area (Å²) in [5.74, 6) is 0. The molecule has 2 heterocycles. The molecule has 8 aromatic carbocycles. The molecular formula is C54H50FeP2. The minimum absolute atomic E-state index is 0. The maximum absolute atomic E-state index is 2.44. The first-order chi connectivity index (χ1) is 27.8. The van der Waals surface area contributed by atoms with Crippen LogP contribution in [0.5, 0.6) is 0 Å². The van der Waals surface area contributed by atoms with E-state index in [1.165, 1.54) is 141 Å². The summed E-state index contributed by atoms with van der Waals surface area (Å²) in [4.78, 5) is 0. The zero-order valence-electron chi connectivity index (χ0n) is 32.7. The zero-order valence-corrected chi connectivity index (χ0v) is 35.6. The molecule has 0 spiro atoms. The van der Waals surface area contributed by atoms with Crippen LogP contribution < -0.4 is 0 Å². The second kappa shape index (κ2) is 16.1. The van der Waals surface area contributed by atoms with Crippen LogP contribution in [0.4, 0.5) is 0 Å². The molecule has 2 fully saturated rings. The van der Waals surface area contributed by atoms with E-state index in [2.05, 4.69) is 146 Å². The molecule has 2 aliphatic heterocycles. The third-order valence-electron chi connectivity index (χ3n) is 13.7. The summed E-state index contributed by atoms with van der Waals surface area (Å²) in [6, 6.07) is 55.1. The van der Waals surface area contributed by atoms with Gasteiger partial charge < -0.3 is 0 Å². The molecule has 0 unspecified atom stereocenters. The van der Waals surface area contributed by atoms with Gasteiger partial charge in [0.05, 0.1) is 0 Å². The summed E-state index contributed by atoms with van der Waals surface area (Å²) in [6.45, 7) is 0. The number of benzene rings is 8. The van der Waals surface area contributed by atoms with Crippen LogP contribution >= 0.6 is 15.8 Å². The number of hydrogen-bond acceptors (Lipinski definition) is 0. The quantitative estimate of drug-likeness (QED) is 0.120. The summed E-state index contributed by atoms with van der Waals surface area (Å²) in [5, 5.41) is 11.2. The van der Waals surface area contributed by atoms with Crippen molar-refractivity contribution < 1.29 is 17.1 Å². The molecule has 0 saturated heterocycles. The molecule has 284 valence electrons. The number of hydrogen-bond donors (Lipinski definition) is 0. The van der Waals surface area contributed by atoms with E-state index in [1.807, 2.05) is 0 Å². The summed E-state index contributed by atoms with van der Waals surface area (Å²) in [7, 11) is 0.0331. The van der Waals surface area contributed by atoms with Gasteiger partial charge in [-0.05, 0) is 149 Å². The van der Waals surface area contributed by atoms with Gasteiger partial charge in [0.25, 0.3) is 0 Å². The van der Waals surface area contributed by atoms with Crippen molar-refractivity contribution in [3.05, 3.63) is 168 Å². The topological polar surface area (TPSA) is 0 Å². The van der Waals surface area contributed by atoms with Gasteiger partial charge in [-0.2, -0.15) is 0 Å². The maximum Gasteiger partial charge on any atom is 0 e. The molecule has 3 heteroatoms. The van der Waals surface area contributed by atoms with E-state index in [-0.39, 0.29) is 32.9 Å². The SMILES string of the molecule is [Fe].c1ccc2c3c(ccc2c1)CP(C1CCCC1)Cc1ccc2ccccc2c1-3.c1ccc2c3c(ccc2c1)CP(C1CCCC1)Cc1ccc2ccccc2c1-3. The molecule has 0 atom stereocenters. The standard InChI is InChI=1S/2C27H25P.Fe/c2*1-5-11-24-19(7-1)13-15-21-17-28(23-9-3-4-10-23)18-22-16-14-20-8-2-6-12-25(20)27(22)26(21)24;/h2*1-2,5-8,11-16,23H,3-4,9-10,17-18H2;. The Bertz CT molecular complexity index is 2390. The molecule has 0 aromatic heterocycles. The summed E-state index contributed by atoms with van der Waals surface area (Å²) in [5.41, 5.74) is 14.4. The third-order valence-corrected chi connectivity index (χ3v) is 19.8. The smallest absolute Gasteiger partial charge is 0 e. The van der Waals surface area contributed by atoms with Crippen LogP contribution in [0.3, 0.4) is 0 Å². The Kier molecular flexibility index (Phi) is 10.6. The fraction of sp³-hybridized carbons (Fsp3) is 0.259. The second-order valence-corrected chi connectivity index (χ2v) is 22.1. The second-order valence-electron chi connectivity index (χ2n) is 17.0. The monoisotopic (exact) mass is 816 g/mol. The van der Waals surface area contributed by atoms with Crippen LogP contribution in [-0.2, 0) is 41.7 Å². The van der Waals surface area contributed by atoms with E-state index in [0.29, 0.717) is 0 Å². The molecule has 8 aromatic rings. The van der Waals surface area contributed by atoms with Gasteiger partial charge in [-0.1, -0.05) is 187 Å². The van der Waals surface area contributed by atoms with Gasteiger partial charge in [-0.3, -0.25) is 0 Å². The predicted molar refractivity (Wildman–Crippen MR) is 247 cm³/mol.